The zero-order valence-electron chi connectivity index (χ0n) is 15.1. The first-order chi connectivity index (χ1) is 11.6. The number of carbonyl (C=O) groups excluding carboxylic acids is 1. The number of likely N-dealkylation sites (tertiary alicyclic amines) is 1. The summed E-state index contributed by atoms with van der Waals surface area (Å²) < 4.78 is 5.84. The first-order valence-electron chi connectivity index (χ1n) is 9.26. The van der Waals surface area contributed by atoms with Gasteiger partial charge in [0.1, 0.15) is 0 Å². The van der Waals surface area contributed by atoms with E-state index in [1.54, 1.807) is 0 Å². The normalized spacial score (nSPS) is 17.2. The van der Waals surface area contributed by atoms with Crippen molar-refractivity contribution >= 4 is 5.91 Å². The number of rotatable bonds is 8. The maximum atomic E-state index is 13.0. The monoisotopic (exact) mass is 332 g/mol. The van der Waals surface area contributed by atoms with Gasteiger partial charge in [0.25, 0.3) is 0 Å². The lowest BCUT2D eigenvalue weighted by molar-refractivity contribution is -0.139. The van der Waals surface area contributed by atoms with E-state index >= 15 is 0 Å². The Morgan fingerprint density at radius 1 is 1.25 bits per heavy atom. The summed E-state index contributed by atoms with van der Waals surface area (Å²) in [4.78, 5) is 15.0. The van der Waals surface area contributed by atoms with Crippen LogP contribution in [0.3, 0.4) is 0 Å². The van der Waals surface area contributed by atoms with Crippen molar-refractivity contribution in [1.29, 1.82) is 0 Å². The minimum absolute atomic E-state index is 0.0575. The summed E-state index contributed by atoms with van der Waals surface area (Å²) >= 11 is 0. The zero-order chi connectivity index (χ0) is 17.4. The van der Waals surface area contributed by atoms with Crippen molar-refractivity contribution in [2.75, 3.05) is 26.2 Å². The van der Waals surface area contributed by atoms with E-state index in [1.165, 1.54) is 5.56 Å². The van der Waals surface area contributed by atoms with E-state index in [-0.39, 0.29) is 12.0 Å². The van der Waals surface area contributed by atoms with Gasteiger partial charge in [-0.1, -0.05) is 44.2 Å². The molecule has 0 saturated carbocycles. The van der Waals surface area contributed by atoms with Crippen LogP contribution in [-0.2, 0) is 16.0 Å². The third-order valence-electron chi connectivity index (χ3n) is 4.88. The summed E-state index contributed by atoms with van der Waals surface area (Å²) in [5, 5.41) is 0. The highest BCUT2D eigenvalue weighted by Gasteiger charge is 2.30. The molecule has 1 heterocycles. The average Bonchev–Trinajstić information content (AvgIpc) is 2.60. The SMILES string of the molecule is CC(C)C(Cc1ccccc1)C(=O)N1CCC(OCCCN)CC1. The number of benzene rings is 1. The fourth-order valence-corrected chi connectivity index (χ4v) is 3.29. The van der Waals surface area contributed by atoms with Gasteiger partial charge in [-0.3, -0.25) is 4.79 Å². The van der Waals surface area contributed by atoms with Crippen molar-refractivity contribution in [1.82, 2.24) is 4.90 Å². The first-order valence-corrected chi connectivity index (χ1v) is 9.26. The van der Waals surface area contributed by atoms with Crippen LogP contribution in [0.2, 0.25) is 0 Å². The van der Waals surface area contributed by atoms with Crippen LogP contribution >= 0.6 is 0 Å². The first kappa shape index (κ1) is 18.9. The lowest BCUT2D eigenvalue weighted by atomic mass is 9.87. The van der Waals surface area contributed by atoms with Gasteiger partial charge in [-0.2, -0.15) is 0 Å². The van der Waals surface area contributed by atoms with E-state index in [4.69, 9.17) is 10.5 Å². The average molecular weight is 332 g/mol. The van der Waals surface area contributed by atoms with Gasteiger partial charge in [0, 0.05) is 25.6 Å². The van der Waals surface area contributed by atoms with Gasteiger partial charge in [-0.25, -0.2) is 0 Å². The Morgan fingerprint density at radius 2 is 1.92 bits per heavy atom. The number of ether oxygens (including phenoxy) is 1. The molecule has 134 valence electrons. The van der Waals surface area contributed by atoms with Crippen LogP contribution in [0.5, 0.6) is 0 Å². The van der Waals surface area contributed by atoms with Crippen LogP contribution in [0.1, 0.15) is 38.7 Å². The molecule has 2 N–H and O–H groups in total. The van der Waals surface area contributed by atoms with Gasteiger partial charge in [0.15, 0.2) is 0 Å². The highest BCUT2D eigenvalue weighted by molar-refractivity contribution is 5.79. The predicted octanol–water partition coefficient (Wildman–Crippen LogP) is 2.86. The van der Waals surface area contributed by atoms with Crippen LogP contribution in [0.4, 0.5) is 0 Å². The number of piperidine rings is 1. The van der Waals surface area contributed by atoms with E-state index in [9.17, 15) is 4.79 Å². The molecule has 1 aromatic carbocycles. The van der Waals surface area contributed by atoms with Crippen molar-refractivity contribution < 1.29 is 9.53 Å². The van der Waals surface area contributed by atoms with E-state index in [2.05, 4.69) is 26.0 Å². The maximum Gasteiger partial charge on any atom is 0.226 e. The van der Waals surface area contributed by atoms with Crippen molar-refractivity contribution in [2.45, 2.75) is 45.6 Å². The molecule has 1 amide bonds. The van der Waals surface area contributed by atoms with Gasteiger partial charge in [-0.15, -0.1) is 0 Å². The number of carbonyl (C=O) groups is 1. The molecule has 1 aromatic rings. The van der Waals surface area contributed by atoms with E-state index in [0.29, 0.717) is 18.4 Å². The molecule has 0 bridgehead atoms. The van der Waals surface area contributed by atoms with Crippen molar-refractivity contribution in [2.24, 2.45) is 17.6 Å². The molecule has 4 heteroatoms. The molecular formula is C20H32N2O2. The fourth-order valence-electron chi connectivity index (χ4n) is 3.29. The summed E-state index contributed by atoms with van der Waals surface area (Å²) in [5.74, 6) is 0.701. The molecule has 1 aliphatic heterocycles. The van der Waals surface area contributed by atoms with Gasteiger partial charge in [0.05, 0.1) is 6.10 Å². The third-order valence-corrected chi connectivity index (χ3v) is 4.88. The number of nitrogens with zero attached hydrogens (tertiary/aromatic N) is 1. The van der Waals surface area contributed by atoms with Crippen LogP contribution in [0.25, 0.3) is 0 Å². The quantitative estimate of drug-likeness (QED) is 0.745. The largest absolute Gasteiger partial charge is 0.378 e. The van der Waals surface area contributed by atoms with Gasteiger partial charge in [-0.05, 0) is 43.7 Å². The summed E-state index contributed by atoms with van der Waals surface area (Å²) in [7, 11) is 0. The Bertz CT molecular complexity index is 482. The van der Waals surface area contributed by atoms with Gasteiger partial charge in [0.2, 0.25) is 5.91 Å². The second-order valence-electron chi connectivity index (χ2n) is 7.08. The second kappa shape index (κ2) is 9.80. The second-order valence-corrected chi connectivity index (χ2v) is 7.08. The number of hydrogen-bond donors (Lipinski definition) is 1. The molecule has 1 saturated heterocycles. The minimum Gasteiger partial charge on any atom is -0.378 e. The molecule has 0 aromatic heterocycles. The van der Waals surface area contributed by atoms with Crippen LogP contribution < -0.4 is 5.73 Å². The van der Waals surface area contributed by atoms with Gasteiger partial charge >= 0.3 is 0 Å². The number of hydrogen-bond acceptors (Lipinski definition) is 3. The molecule has 4 nitrogen and oxygen atoms in total. The smallest absolute Gasteiger partial charge is 0.226 e. The maximum absolute atomic E-state index is 13.0. The minimum atomic E-state index is 0.0575. The zero-order valence-corrected chi connectivity index (χ0v) is 15.1. The standard InChI is InChI=1S/C20H32N2O2/c1-16(2)19(15-17-7-4-3-5-8-17)20(23)22-12-9-18(10-13-22)24-14-6-11-21/h3-5,7-8,16,18-19H,6,9-15,21H2,1-2H3. The molecule has 0 radical (unpaired) electrons. The molecule has 1 atom stereocenters. The molecule has 1 unspecified atom stereocenters. The Kier molecular flexibility index (Phi) is 7.73. The van der Waals surface area contributed by atoms with Crippen molar-refractivity contribution in [3.8, 4) is 0 Å². The Balaban J connectivity index is 1.87. The van der Waals surface area contributed by atoms with Crippen LogP contribution in [0, 0.1) is 11.8 Å². The highest BCUT2D eigenvalue weighted by atomic mass is 16.5. The van der Waals surface area contributed by atoms with Crippen molar-refractivity contribution in [3.63, 3.8) is 0 Å². The lowest BCUT2D eigenvalue weighted by Crippen LogP contribution is -2.45. The van der Waals surface area contributed by atoms with Crippen LogP contribution in [0.15, 0.2) is 30.3 Å². The summed E-state index contributed by atoms with van der Waals surface area (Å²) in [6, 6.07) is 10.3. The molecular weight excluding hydrogens is 300 g/mol. The molecule has 1 aliphatic rings. The van der Waals surface area contributed by atoms with Crippen molar-refractivity contribution in [3.05, 3.63) is 35.9 Å². The summed E-state index contributed by atoms with van der Waals surface area (Å²) in [5.41, 5.74) is 6.74. The Hall–Kier alpha value is -1.39. The Labute approximate surface area is 146 Å². The van der Waals surface area contributed by atoms with Gasteiger partial charge < -0.3 is 15.4 Å². The van der Waals surface area contributed by atoms with E-state index in [1.807, 2.05) is 23.1 Å². The molecule has 24 heavy (non-hydrogen) atoms. The highest BCUT2D eigenvalue weighted by Crippen LogP contribution is 2.23. The van der Waals surface area contributed by atoms with E-state index < -0.39 is 0 Å². The summed E-state index contributed by atoms with van der Waals surface area (Å²) in [6.45, 7) is 7.32. The molecule has 2 rings (SSSR count). The number of amides is 1. The summed E-state index contributed by atoms with van der Waals surface area (Å²) in [6.07, 6.45) is 3.89. The Morgan fingerprint density at radius 3 is 2.50 bits per heavy atom. The molecule has 1 fully saturated rings. The molecule has 0 aliphatic carbocycles. The van der Waals surface area contributed by atoms with Crippen LogP contribution in [-0.4, -0.2) is 43.2 Å². The van der Waals surface area contributed by atoms with E-state index in [0.717, 1.165) is 45.4 Å². The third kappa shape index (κ3) is 5.60. The fraction of sp³-hybridized carbons (Fsp3) is 0.650. The lowest BCUT2D eigenvalue weighted by Gasteiger charge is -2.35. The topological polar surface area (TPSA) is 55.6 Å². The number of nitrogens with two attached hydrogens (primary N) is 1. The predicted molar refractivity (Wildman–Crippen MR) is 97.7 cm³/mol. The molecule has 0 spiro atoms.